The summed E-state index contributed by atoms with van der Waals surface area (Å²) in [6.45, 7) is 5.93. The van der Waals surface area contributed by atoms with E-state index < -0.39 is 0 Å². The molecule has 0 aromatic carbocycles. The monoisotopic (exact) mass is 284 g/mol. The largest absolute Gasteiger partial charge is 0.450 e. The first-order chi connectivity index (χ1) is 9.19. The molecule has 1 aliphatic heterocycles. The predicted octanol–water partition coefficient (Wildman–Crippen LogP) is 1.40. The van der Waals surface area contributed by atoms with E-state index >= 15 is 0 Å². The third-order valence-electron chi connectivity index (χ3n) is 2.96. The molecule has 1 amide bonds. The Kier molecular flexibility index (Phi) is 4.93. The number of hydrogen-bond acceptors (Lipinski definition) is 5. The summed E-state index contributed by atoms with van der Waals surface area (Å²) < 4.78 is 4.98. The molecule has 0 aliphatic carbocycles. The van der Waals surface area contributed by atoms with Crippen LogP contribution in [-0.4, -0.2) is 58.6 Å². The molecule has 2 heterocycles. The van der Waals surface area contributed by atoms with Crippen LogP contribution in [-0.2, 0) is 11.3 Å². The van der Waals surface area contributed by atoms with Gasteiger partial charge >= 0.3 is 6.09 Å². The summed E-state index contributed by atoms with van der Waals surface area (Å²) in [7, 11) is 0. The van der Waals surface area contributed by atoms with Gasteiger partial charge in [-0.05, 0) is 6.92 Å². The lowest BCUT2D eigenvalue weighted by molar-refractivity contribution is 0.0775. The van der Waals surface area contributed by atoms with Crippen molar-refractivity contribution < 1.29 is 9.53 Å². The van der Waals surface area contributed by atoms with Crippen LogP contribution in [0, 0.1) is 0 Å². The average Bonchev–Trinajstić information content (AvgIpc) is 2.42. The molecule has 0 atom stereocenters. The maximum absolute atomic E-state index is 11.5. The van der Waals surface area contributed by atoms with Crippen molar-refractivity contribution in [3.8, 4) is 0 Å². The summed E-state index contributed by atoms with van der Waals surface area (Å²) >= 11 is 5.69. The lowest BCUT2D eigenvalue weighted by Crippen LogP contribution is -2.48. The molecular weight excluding hydrogens is 268 g/mol. The number of carbonyl (C=O) groups excluding carboxylic acids is 1. The van der Waals surface area contributed by atoms with Gasteiger partial charge in [0.15, 0.2) is 0 Å². The number of ether oxygens (including phenoxy) is 1. The number of halogens is 1. The summed E-state index contributed by atoms with van der Waals surface area (Å²) in [5.74, 6) is 0. The van der Waals surface area contributed by atoms with Crippen molar-refractivity contribution in [3.63, 3.8) is 0 Å². The Morgan fingerprint density at radius 3 is 2.63 bits per heavy atom. The Hall–Kier alpha value is -1.40. The summed E-state index contributed by atoms with van der Waals surface area (Å²) in [5.41, 5.74) is 0.883. The number of piperazine rings is 1. The zero-order chi connectivity index (χ0) is 13.7. The van der Waals surface area contributed by atoms with Gasteiger partial charge in [0.05, 0.1) is 24.7 Å². The van der Waals surface area contributed by atoms with Crippen molar-refractivity contribution in [2.75, 3.05) is 32.8 Å². The number of carbonyl (C=O) groups is 1. The van der Waals surface area contributed by atoms with Crippen molar-refractivity contribution in [2.45, 2.75) is 13.5 Å². The van der Waals surface area contributed by atoms with Crippen LogP contribution in [0.4, 0.5) is 4.79 Å². The van der Waals surface area contributed by atoms with Gasteiger partial charge in [-0.15, -0.1) is 0 Å². The normalized spacial score (nSPS) is 16.4. The van der Waals surface area contributed by atoms with E-state index in [4.69, 9.17) is 16.3 Å². The predicted molar refractivity (Wildman–Crippen MR) is 70.9 cm³/mol. The molecule has 6 nitrogen and oxygen atoms in total. The Morgan fingerprint density at radius 1 is 1.32 bits per heavy atom. The molecule has 1 fully saturated rings. The maximum Gasteiger partial charge on any atom is 0.409 e. The van der Waals surface area contributed by atoms with E-state index in [0.29, 0.717) is 24.8 Å². The van der Waals surface area contributed by atoms with E-state index in [9.17, 15) is 4.79 Å². The van der Waals surface area contributed by atoms with Crippen molar-refractivity contribution in [1.29, 1.82) is 0 Å². The second-order valence-corrected chi connectivity index (χ2v) is 4.68. The standard InChI is InChI=1S/C12H17ClN4O2/c1-2-19-12(18)17-5-3-16(4-6-17)9-10-7-15-11(13)8-14-10/h7-8H,2-6,9H2,1H3. The van der Waals surface area contributed by atoms with Crippen LogP contribution in [0.2, 0.25) is 5.15 Å². The van der Waals surface area contributed by atoms with Gasteiger partial charge in [0.1, 0.15) is 5.15 Å². The zero-order valence-electron chi connectivity index (χ0n) is 10.9. The Bertz CT molecular complexity index is 418. The van der Waals surface area contributed by atoms with Gasteiger partial charge < -0.3 is 9.64 Å². The number of nitrogens with zero attached hydrogens (tertiary/aromatic N) is 4. The Labute approximate surface area is 117 Å². The van der Waals surface area contributed by atoms with Crippen LogP contribution in [0.5, 0.6) is 0 Å². The van der Waals surface area contributed by atoms with Gasteiger partial charge in [-0.1, -0.05) is 11.6 Å². The quantitative estimate of drug-likeness (QED) is 0.840. The molecule has 0 N–H and O–H groups in total. The lowest BCUT2D eigenvalue weighted by atomic mass is 10.3. The number of aromatic nitrogens is 2. The number of amides is 1. The molecule has 104 valence electrons. The molecule has 1 aliphatic rings. The Morgan fingerprint density at radius 2 is 2.05 bits per heavy atom. The molecule has 1 saturated heterocycles. The highest BCUT2D eigenvalue weighted by atomic mass is 35.5. The molecular formula is C12H17ClN4O2. The average molecular weight is 285 g/mol. The van der Waals surface area contributed by atoms with Crippen LogP contribution >= 0.6 is 11.6 Å². The highest BCUT2D eigenvalue weighted by Crippen LogP contribution is 2.08. The van der Waals surface area contributed by atoms with Gasteiger partial charge in [-0.25, -0.2) is 9.78 Å². The van der Waals surface area contributed by atoms with Crippen LogP contribution in [0.25, 0.3) is 0 Å². The van der Waals surface area contributed by atoms with E-state index in [2.05, 4.69) is 14.9 Å². The van der Waals surface area contributed by atoms with E-state index in [1.165, 1.54) is 0 Å². The molecule has 2 rings (SSSR count). The second-order valence-electron chi connectivity index (χ2n) is 4.29. The van der Waals surface area contributed by atoms with Crippen molar-refractivity contribution in [3.05, 3.63) is 23.2 Å². The molecule has 1 aromatic heterocycles. The van der Waals surface area contributed by atoms with Crippen LogP contribution in [0.1, 0.15) is 12.6 Å². The van der Waals surface area contributed by atoms with Crippen LogP contribution < -0.4 is 0 Å². The van der Waals surface area contributed by atoms with E-state index in [0.717, 1.165) is 25.3 Å². The van der Waals surface area contributed by atoms with Gasteiger partial charge in [0, 0.05) is 32.7 Å². The lowest BCUT2D eigenvalue weighted by Gasteiger charge is -2.33. The minimum Gasteiger partial charge on any atom is -0.450 e. The number of rotatable bonds is 3. The van der Waals surface area contributed by atoms with E-state index in [1.54, 1.807) is 17.3 Å². The van der Waals surface area contributed by atoms with Gasteiger partial charge in [-0.2, -0.15) is 0 Å². The zero-order valence-corrected chi connectivity index (χ0v) is 11.6. The summed E-state index contributed by atoms with van der Waals surface area (Å²) in [6.07, 6.45) is 3.00. The highest BCUT2D eigenvalue weighted by Gasteiger charge is 2.21. The molecule has 0 saturated carbocycles. The molecule has 1 aromatic rings. The first-order valence-electron chi connectivity index (χ1n) is 6.29. The van der Waals surface area contributed by atoms with Crippen molar-refractivity contribution in [1.82, 2.24) is 19.8 Å². The molecule has 19 heavy (non-hydrogen) atoms. The topological polar surface area (TPSA) is 58.6 Å². The Balaban J connectivity index is 1.80. The SMILES string of the molecule is CCOC(=O)N1CCN(Cc2cnc(Cl)cn2)CC1. The third kappa shape index (κ3) is 4.04. The van der Waals surface area contributed by atoms with E-state index in [-0.39, 0.29) is 6.09 Å². The van der Waals surface area contributed by atoms with Crippen molar-refractivity contribution >= 4 is 17.7 Å². The fourth-order valence-corrected chi connectivity index (χ4v) is 2.05. The summed E-state index contributed by atoms with van der Waals surface area (Å²) in [6, 6.07) is 0. The van der Waals surface area contributed by atoms with Gasteiger partial charge in [0.2, 0.25) is 0 Å². The highest BCUT2D eigenvalue weighted by molar-refractivity contribution is 6.29. The molecule has 0 radical (unpaired) electrons. The van der Waals surface area contributed by atoms with E-state index in [1.807, 2.05) is 6.92 Å². The number of hydrogen-bond donors (Lipinski definition) is 0. The van der Waals surface area contributed by atoms with Gasteiger partial charge in [0.25, 0.3) is 0 Å². The first-order valence-corrected chi connectivity index (χ1v) is 6.67. The smallest absolute Gasteiger partial charge is 0.409 e. The fourth-order valence-electron chi connectivity index (χ4n) is 1.95. The van der Waals surface area contributed by atoms with Crippen LogP contribution in [0.3, 0.4) is 0 Å². The minimum atomic E-state index is -0.228. The molecule has 0 bridgehead atoms. The van der Waals surface area contributed by atoms with Gasteiger partial charge in [-0.3, -0.25) is 9.88 Å². The second kappa shape index (κ2) is 6.68. The fraction of sp³-hybridized carbons (Fsp3) is 0.583. The summed E-state index contributed by atoms with van der Waals surface area (Å²) in [5, 5.41) is 0.399. The van der Waals surface area contributed by atoms with Crippen LogP contribution in [0.15, 0.2) is 12.4 Å². The minimum absolute atomic E-state index is 0.228. The maximum atomic E-state index is 11.5. The molecule has 0 unspecified atom stereocenters. The first kappa shape index (κ1) is 14.0. The molecule has 7 heteroatoms. The third-order valence-corrected chi connectivity index (χ3v) is 3.15. The summed E-state index contributed by atoms with van der Waals surface area (Å²) in [4.78, 5) is 23.7. The van der Waals surface area contributed by atoms with Crippen molar-refractivity contribution in [2.24, 2.45) is 0 Å². The molecule has 0 spiro atoms.